The van der Waals surface area contributed by atoms with Gasteiger partial charge >= 0.3 is 0 Å². The first-order chi connectivity index (χ1) is 13.6. The van der Waals surface area contributed by atoms with Crippen LogP contribution in [0.5, 0.6) is 0 Å². The van der Waals surface area contributed by atoms with Crippen LogP contribution in [-0.2, 0) is 4.79 Å². The van der Waals surface area contributed by atoms with E-state index in [2.05, 4.69) is 29.5 Å². The quantitative estimate of drug-likeness (QED) is 0.401. The van der Waals surface area contributed by atoms with Crippen LogP contribution in [0, 0.1) is 13.8 Å². The van der Waals surface area contributed by atoms with Crippen LogP contribution in [0.1, 0.15) is 37.8 Å². The van der Waals surface area contributed by atoms with Crippen molar-refractivity contribution in [1.29, 1.82) is 0 Å². The van der Waals surface area contributed by atoms with E-state index in [0.29, 0.717) is 18.7 Å². The van der Waals surface area contributed by atoms with Crippen molar-refractivity contribution in [3.8, 4) is 11.5 Å². The fourth-order valence-corrected chi connectivity index (χ4v) is 3.09. The normalized spacial score (nSPS) is 11.5. The van der Waals surface area contributed by atoms with Gasteiger partial charge in [-0.25, -0.2) is 4.98 Å². The minimum Gasteiger partial charge on any atom is -0.436 e. The molecule has 0 fully saturated rings. The summed E-state index contributed by atoms with van der Waals surface area (Å²) in [4.78, 5) is 16.1. The molecule has 2 N–H and O–H groups in total. The number of benzene rings is 2. The molecule has 1 aromatic heterocycles. The number of aryl methyl sites for hydroxylation is 2. The maximum atomic E-state index is 11.9. The van der Waals surface area contributed by atoms with Gasteiger partial charge in [-0.3, -0.25) is 4.79 Å². The summed E-state index contributed by atoms with van der Waals surface area (Å²) in [5.74, 6) is 0.404. The van der Waals surface area contributed by atoms with Crippen LogP contribution in [0.4, 0.5) is 5.69 Å². The lowest BCUT2D eigenvalue weighted by Crippen LogP contribution is -2.34. The van der Waals surface area contributed by atoms with Crippen LogP contribution in [0.2, 0.25) is 0 Å². The van der Waals surface area contributed by atoms with Crippen LogP contribution in [0.25, 0.3) is 22.6 Å². The number of thiocarbonyl (C=S) groups is 1. The van der Waals surface area contributed by atoms with Crippen LogP contribution in [-0.4, -0.2) is 20.9 Å². The van der Waals surface area contributed by atoms with Gasteiger partial charge in [-0.1, -0.05) is 0 Å². The van der Waals surface area contributed by atoms with Gasteiger partial charge < -0.3 is 15.1 Å². The molecular formula is C22H24ClN3O2S. The minimum absolute atomic E-state index is 0.162. The topological polar surface area (TPSA) is 67.2 Å². The van der Waals surface area contributed by atoms with Gasteiger partial charge in [-0.15, -0.1) is 11.6 Å². The van der Waals surface area contributed by atoms with E-state index in [1.165, 1.54) is 11.1 Å². The van der Waals surface area contributed by atoms with E-state index >= 15 is 0 Å². The summed E-state index contributed by atoms with van der Waals surface area (Å²) in [5, 5.41) is 5.93. The first-order valence-electron chi connectivity index (χ1n) is 9.39. The Morgan fingerprint density at radius 1 is 1.17 bits per heavy atom. The second kappa shape index (κ2) is 8.51. The van der Waals surface area contributed by atoms with Crippen molar-refractivity contribution in [2.45, 2.75) is 45.4 Å². The number of nitrogens with one attached hydrogen (secondary N) is 2. The molecule has 2 aromatic carbocycles. The smallest absolute Gasteiger partial charge is 0.227 e. The van der Waals surface area contributed by atoms with Crippen molar-refractivity contribution in [3.63, 3.8) is 0 Å². The van der Waals surface area contributed by atoms with Gasteiger partial charge in [0.15, 0.2) is 10.7 Å². The summed E-state index contributed by atoms with van der Waals surface area (Å²) in [6, 6.07) is 11.5. The van der Waals surface area contributed by atoms with Crippen LogP contribution < -0.4 is 10.6 Å². The molecule has 0 aliphatic carbocycles. The standard InChI is InChI=1S/C22H24ClN3O2S/c1-13-11-17-18(12-14(13)2)28-20(25-17)15-5-7-16(8-6-15)24-21(29)26-19(27)9-10-22(3,4)23/h5-8,11-12H,9-10H2,1-4H3,(H2,24,26,27,29). The number of alkyl halides is 1. The van der Waals surface area contributed by atoms with Crippen molar-refractivity contribution in [2.75, 3.05) is 5.32 Å². The number of hydrogen-bond donors (Lipinski definition) is 2. The van der Waals surface area contributed by atoms with Gasteiger partial charge in [-0.05, 0) is 93.9 Å². The zero-order chi connectivity index (χ0) is 21.2. The van der Waals surface area contributed by atoms with E-state index in [-0.39, 0.29) is 11.0 Å². The van der Waals surface area contributed by atoms with Crippen molar-refractivity contribution in [3.05, 3.63) is 47.5 Å². The number of fused-ring (bicyclic) bond motifs is 1. The molecule has 3 rings (SSSR count). The average Bonchev–Trinajstić information content (AvgIpc) is 3.03. The van der Waals surface area contributed by atoms with E-state index in [0.717, 1.165) is 22.4 Å². The molecule has 0 spiro atoms. The highest BCUT2D eigenvalue weighted by Gasteiger charge is 2.16. The van der Waals surface area contributed by atoms with E-state index in [1.54, 1.807) is 0 Å². The van der Waals surface area contributed by atoms with Crippen molar-refractivity contribution in [1.82, 2.24) is 10.3 Å². The molecule has 0 aliphatic rings. The van der Waals surface area contributed by atoms with E-state index in [1.807, 2.05) is 50.2 Å². The molecule has 152 valence electrons. The Bertz CT molecular complexity index is 1010. The molecule has 1 heterocycles. The maximum absolute atomic E-state index is 11.9. The van der Waals surface area contributed by atoms with Gasteiger partial charge in [0.1, 0.15) is 5.52 Å². The van der Waals surface area contributed by atoms with E-state index < -0.39 is 4.87 Å². The summed E-state index contributed by atoms with van der Waals surface area (Å²) >= 11 is 11.3. The zero-order valence-electron chi connectivity index (χ0n) is 16.9. The Morgan fingerprint density at radius 2 is 1.83 bits per heavy atom. The van der Waals surface area contributed by atoms with E-state index in [4.69, 9.17) is 28.2 Å². The van der Waals surface area contributed by atoms with Crippen LogP contribution in [0.15, 0.2) is 40.8 Å². The van der Waals surface area contributed by atoms with Crippen molar-refractivity contribution < 1.29 is 9.21 Å². The molecule has 0 saturated carbocycles. The zero-order valence-corrected chi connectivity index (χ0v) is 18.5. The van der Waals surface area contributed by atoms with Crippen molar-refractivity contribution in [2.24, 2.45) is 0 Å². The molecule has 0 bridgehead atoms. The lowest BCUT2D eigenvalue weighted by atomic mass is 10.1. The van der Waals surface area contributed by atoms with Crippen molar-refractivity contribution >= 4 is 51.6 Å². The molecule has 3 aromatic rings. The molecule has 5 nitrogen and oxygen atoms in total. The molecule has 0 radical (unpaired) electrons. The lowest BCUT2D eigenvalue weighted by molar-refractivity contribution is -0.119. The molecule has 0 unspecified atom stereocenters. The number of rotatable bonds is 5. The summed E-state index contributed by atoms with van der Waals surface area (Å²) in [6.45, 7) is 7.86. The highest BCUT2D eigenvalue weighted by Crippen LogP contribution is 2.27. The van der Waals surface area contributed by atoms with Gasteiger partial charge in [0.2, 0.25) is 11.8 Å². The second-order valence-electron chi connectivity index (χ2n) is 7.72. The molecule has 29 heavy (non-hydrogen) atoms. The highest BCUT2D eigenvalue weighted by molar-refractivity contribution is 7.80. The first-order valence-corrected chi connectivity index (χ1v) is 10.2. The Labute approximate surface area is 180 Å². The monoisotopic (exact) mass is 429 g/mol. The van der Waals surface area contributed by atoms with Gasteiger partial charge in [0.25, 0.3) is 0 Å². The molecule has 0 saturated heterocycles. The fourth-order valence-electron chi connectivity index (χ4n) is 2.76. The third-order valence-electron chi connectivity index (χ3n) is 4.59. The predicted molar refractivity (Wildman–Crippen MR) is 122 cm³/mol. The Kier molecular flexibility index (Phi) is 6.24. The second-order valence-corrected chi connectivity index (χ2v) is 9.15. The third kappa shape index (κ3) is 5.78. The van der Waals surface area contributed by atoms with Gasteiger partial charge in [-0.2, -0.15) is 0 Å². The molecule has 0 aliphatic heterocycles. The number of carbonyl (C=O) groups is 1. The van der Waals surface area contributed by atoms with Crippen LogP contribution >= 0.6 is 23.8 Å². The predicted octanol–water partition coefficient (Wildman–Crippen LogP) is 5.72. The Morgan fingerprint density at radius 3 is 2.48 bits per heavy atom. The minimum atomic E-state index is -0.412. The number of nitrogens with zero attached hydrogens (tertiary/aromatic N) is 1. The molecular weight excluding hydrogens is 406 g/mol. The molecule has 0 atom stereocenters. The number of aromatic nitrogens is 1. The SMILES string of the molecule is Cc1cc2nc(-c3ccc(NC(=S)NC(=O)CCC(C)(C)Cl)cc3)oc2cc1C. The third-order valence-corrected chi connectivity index (χ3v) is 4.99. The van der Waals surface area contributed by atoms with Gasteiger partial charge in [0.05, 0.1) is 0 Å². The Balaban J connectivity index is 1.63. The summed E-state index contributed by atoms with van der Waals surface area (Å²) in [6.07, 6.45) is 0.884. The largest absolute Gasteiger partial charge is 0.436 e. The maximum Gasteiger partial charge on any atom is 0.227 e. The number of anilines is 1. The van der Waals surface area contributed by atoms with E-state index in [9.17, 15) is 4.79 Å². The summed E-state index contributed by atoms with van der Waals surface area (Å²) in [5.41, 5.74) is 5.59. The van der Waals surface area contributed by atoms with Gasteiger partial charge in [0, 0.05) is 22.5 Å². The number of halogens is 1. The number of amides is 1. The number of hydrogen-bond acceptors (Lipinski definition) is 4. The lowest BCUT2D eigenvalue weighted by Gasteiger charge is -2.15. The molecule has 1 amide bonds. The fraction of sp³-hybridized carbons (Fsp3) is 0.318. The first kappa shape index (κ1) is 21.3. The number of oxazole rings is 1. The summed E-state index contributed by atoms with van der Waals surface area (Å²) in [7, 11) is 0. The highest BCUT2D eigenvalue weighted by atomic mass is 35.5. The Hall–Kier alpha value is -2.44. The number of carbonyl (C=O) groups excluding carboxylic acids is 1. The van der Waals surface area contributed by atoms with Crippen LogP contribution in [0.3, 0.4) is 0 Å². The molecule has 7 heteroatoms. The average molecular weight is 430 g/mol. The summed E-state index contributed by atoms with van der Waals surface area (Å²) < 4.78 is 5.89.